The van der Waals surface area contributed by atoms with Crippen molar-refractivity contribution in [2.75, 3.05) is 18.0 Å². The van der Waals surface area contributed by atoms with Gasteiger partial charge in [0.15, 0.2) is 0 Å². The van der Waals surface area contributed by atoms with E-state index in [1.165, 1.54) is 18.4 Å². The topological polar surface area (TPSA) is 46.6 Å². The molecule has 1 spiro atoms. The SMILES string of the molecule is COC(C)(C)c1cccc(S(=O)(=O)N2CC3(CCCC3)c3ccccc32)c1. The average Bonchev–Trinajstić information content (AvgIpc) is 3.28. The van der Waals surface area contributed by atoms with Gasteiger partial charge in [0.25, 0.3) is 10.0 Å². The van der Waals surface area contributed by atoms with Gasteiger partial charge in [0.1, 0.15) is 0 Å². The number of fused-ring (bicyclic) bond motifs is 2. The lowest BCUT2D eigenvalue weighted by Crippen LogP contribution is -2.35. The number of ether oxygens (including phenoxy) is 1. The maximum Gasteiger partial charge on any atom is 0.264 e. The van der Waals surface area contributed by atoms with Gasteiger partial charge in [-0.25, -0.2) is 8.42 Å². The van der Waals surface area contributed by atoms with Gasteiger partial charge in [-0.3, -0.25) is 4.31 Å². The van der Waals surface area contributed by atoms with Crippen LogP contribution in [0.1, 0.15) is 50.7 Å². The van der Waals surface area contributed by atoms with E-state index in [1.807, 2.05) is 38.1 Å². The summed E-state index contributed by atoms with van der Waals surface area (Å²) >= 11 is 0. The van der Waals surface area contributed by atoms with Crippen molar-refractivity contribution < 1.29 is 13.2 Å². The molecule has 1 fully saturated rings. The zero-order valence-corrected chi connectivity index (χ0v) is 17.1. The Balaban J connectivity index is 1.79. The maximum absolute atomic E-state index is 13.6. The van der Waals surface area contributed by atoms with Gasteiger partial charge in [0.05, 0.1) is 16.2 Å². The summed E-state index contributed by atoms with van der Waals surface area (Å²) in [5.41, 5.74) is 2.33. The fourth-order valence-corrected chi connectivity index (χ4v) is 6.17. The summed E-state index contributed by atoms with van der Waals surface area (Å²) in [5.74, 6) is 0. The van der Waals surface area contributed by atoms with Crippen molar-refractivity contribution in [2.45, 2.75) is 55.4 Å². The molecular weight excluding hydrogens is 358 g/mol. The quantitative estimate of drug-likeness (QED) is 0.773. The molecule has 2 aliphatic rings. The lowest BCUT2D eigenvalue weighted by molar-refractivity contribution is 0.0190. The lowest BCUT2D eigenvalue weighted by Gasteiger charge is -2.27. The molecule has 0 radical (unpaired) electrons. The molecule has 0 bridgehead atoms. The minimum absolute atomic E-state index is 0.0208. The van der Waals surface area contributed by atoms with Crippen molar-refractivity contribution in [3.63, 3.8) is 0 Å². The van der Waals surface area contributed by atoms with E-state index in [1.54, 1.807) is 29.6 Å². The molecule has 0 saturated heterocycles. The van der Waals surface area contributed by atoms with Crippen LogP contribution in [0.5, 0.6) is 0 Å². The fourth-order valence-electron chi connectivity index (χ4n) is 4.55. The summed E-state index contributed by atoms with van der Waals surface area (Å²) in [6, 6.07) is 15.2. The molecule has 1 heterocycles. The summed E-state index contributed by atoms with van der Waals surface area (Å²) in [5, 5.41) is 0. The molecule has 1 saturated carbocycles. The summed E-state index contributed by atoms with van der Waals surface area (Å²) in [4.78, 5) is 0.329. The molecule has 5 heteroatoms. The van der Waals surface area contributed by atoms with E-state index in [0.29, 0.717) is 11.4 Å². The monoisotopic (exact) mass is 385 g/mol. The van der Waals surface area contributed by atoms with Gasteiger partial charge in [-0.05, 0) is 56.0 Å². The minimum atomic E-state index is -3.63. The van der Waals surface area contributed by atoms with Gasteiger partial charge in [-0.15, -0.1) is 0 Å². The first kappa shape index (κ1) is 18.5. The van der Waals surface area contributed by atoms with Crippen molar-refractivity contribution in [3.05, 3.63) is 59.7 Å². The van der Waals surface area contributed by atoms with Crippen LogP contribution in [-0.2, 0) is 25.8 Å². The summed E-state index contributed by atoms with van der Waals surface area (Å²) in [7, 11) is -1.99. The number of methoxy groups -OCH3 is 1. The first-order chi connectivity index (χ1) is 12.8. The smallest absolute Gasteiger partial charge is 0.264 e. The van der Waals surface area contributed by atoms with Crippen LogP contribution in [0.25, 0.3) is 0 Å². The van der Waals surface area contributed by atoms with Gasteiger partial charge in [-0.1, -0.05) is 43.2 Å². The van der Waals surface area contributed by atoms with Crippen LogP contribution in [0.2, 0.25) is 0 Å². The molecule has 0 atom stereocenters. The van der Waals surface area contributed by atoms with Crippen LogP contribution in [0.3, 0.4) is 0 Å². The predicted molar refractivity (Wildman–Crippen MR) is 108 cm³/mol. The van der Waals surface area contributed by atoms with Gasteiger partial charge >= 0.3 is 0 Å². The van der Waals surface area contributed by atoms with Crippen molar-refractivity contribution in [1.29, 1.82) is 0 Å². The highest BCUT2D eigenvalue weighted by Crippen LogP contribution is 2.51. The molecule has 4 nitrogen and oxygen atoms in total. The molecule has 27 heavy (non-hydrogen) atoms. The highest BCUT2D eigenvalue weighted by molar-refractivity contribution is 7.92. The predicted octanol–water partition coefficient (Wildman–Crippen LogP) is 4.59. The van der Waals surface area contributed by atoms with Crippen molar-refractivity contribution in [2.24, 2.45) is 0 Å². The van der Waals surface area contributed by atoms with Crippen LogP contribution < -0.4 is 4.31 Å². The number of benzene rings is 2. The molecule has 0 N–H and O–H groups in total. The number of para-hydroxylation sites is 1. The molecule has 1 aliphatic heterocycles. The van der Waals surface area contributed by atoms with E-state index in [9.17, 15) is 8.42 Å². The molecule has 144 valence electrons. The Labute approximate surface area is 162 Å². The first-order valence-electron chi connectivity index (χ1n) is 9.58. The molecule has 0 unspecified atom stereocenters. The average molecular weight is 386 g/mol. The van der Waals surface area contributed by atoms with E-state index < -0.39 is 15.6 Å². The fraction of sp³-hybridized carbons (Fsp3) is 0.455. The number of hydrogen-bond donors (Lipinski definition) is 0. The third-order valence-electron chi connectivity index (χ3n) is 6.38. The van der Waals surface area contributed by atoms with Gasteiger partial charge in [-0.2, -0.15) is 0 Å². The third kappa shape index (κ3) is 2.88. The standard InChI is InChI=1S/C22H27NO3S/c1-21(2,26-3)17-9-8-10-18(15-17)27(24,25)23-16-22(13-6-7-14-22)19-11-4-5-12-20(19)23/h4-5,8-12,15H,6-7,13-14,16H2,1-3H3. The largest absolute Gasteiger partial charge is 0.374 e. The Bertz CT molecular complexity index is 959. The Hall–Kier alpha value is -1.85. The highest BCUT2D eigenvalue weighted by Gasteiger charge is 2.48. The molecule has 0 aromatic heterocycles. The highest BCUT2D eigenvalue weighted by atomic mass is 32.2. The second kappa shape index (κ2) is 6.35. The molecule has 2 aromatic rings. The Kier molecular flexibility index (Phi) is 4.35. The van der Waals surface area contributed by atoms with Gasteiger partial charge < -0.3 is 4.74 Å². The van der Waals surface area contributed by atoms with Gasteiger partial charge in [0.2, 0.25) is 0 Å². The summed E-state index contributed by atoms with van der Waals surface area (Å²) < 4.78 is 34.4. The summed E-state index contributed by atoms with van der Waals surface area (Å²) in [6.45, 7) is 4.43. The Morgan fingerprint density at radius 2 is 1.74 bits per heavy atom. The number of hydrogen-bond acceptors (Lipinski definition) is 3. The first-order valence-corrected chi connectivity index (χ1v) is 11.0. The van der Waals surface area contributed by atoms with E-state index in [4.69, 9.17) is 4.74 Å². The van der Waals surface area contributed by atoms with Crippen LogP contribution in [-0.4, -0.2) is 22.1 Å². The second-order valence-corrected chi connectivity index (χ2v) is 10.1. The zero-order valence-electron chi connectivity index (χ0n) is 16.2. The Morgan fingerprint density at radius 1 is 1.04 bits per heavy atom. The van der Waals surface area contributed by atoms with Crippen LogP contribution in [0.4, 0.5) is 5.69 Å². The molecule has 2 aromatic carbocycles. The van der Waals surface area contributed by atoms with Crippen LogP contribution >= 0.6 is 0 Å². The van der Waals surface area contributed by atoms with Gasteiger partial charge in [0, 0.05) is 19.1 Å². The van der Waals surface area contributed by atoms with Crippen molar-refractivity contribution >= 4 is 15.7 Å². The van der Waals surface area contributed by atoms with Crippen LogP contribution in [0.15, 0.2) is 53.4 Å². The number of anilines is 1. The second-order valence-electron chi connectivity index (χ2n) is 8.26. The van der Waals surface area contributed by atoms with E-state index >= 15 is 0 Å². The van der Waals surface area contributed by atoms with E-state index in [-0.39, 0.29) is 5.41 Å². The summed E-state index contributed by atoms with van der Waals surface area (Å²) in [6.07, 6.45) is 4.46. The van der Waals surface area contributed by atoms with Crippen molar-refractivity contribution in [1.82, 2.24) is 0 Å². The molecule has 4 rings (SSSR count). The zero-order chi connectivity index (χ0) is 19.3. The number of sulfonamides is 1. The Morgan fingerprint density at radius 3 is 2.44 bits per heavy atom. The maximum atomic E-state index is 13.6. The van der Waals surface area contributed by atoms with E-state index in [0.717, 1.165) is 24.1 Å². The normalized spacial score (nSPS) is 18.9. The molecule has 0 amide bonds. The molecule has 1 aliphatic carbocycles. The van der Waals surface area contributed by atoms with E-state index in [2.05, 4.69) is 6.07 Å². The number of rotatable bonds is 4. The van der Waals surface area contributed by atoms with Crippen molar-refractivity contribution in [3.8, 4) is 0 Å². The molecular formula is C22H27NO3S. The van der Waals surface area contributed by atoms with Crippen LogP contribution in [0, 0.1) is 0 Å². The number of nitrogens with zero attached hydrogens (tertiary/aromatic N) is 1. The minimum Gasteiger partial charge on any atom is -0.374 e. The third-order valence-corrected chi connectivity index (χ3v) is 8.13. The lowest BCUT2D eigenvalue weighted by atomic mass is 9.81.